The number of carbonyl (C=O) groups excluding carboxylic acids is 2. The highest BCUT2D eigenvalue weighted by Gasteiger charge is 2.32. The van der Waals surface area contributed by atoms with Gasteiger partial charge in [0.05, 0.1) is 16.3 Å². The van der Waals surface area contributed by atoms with Crippen molar-refractivity contribution in [2.24, 2.45) is 0 Å². The zero-order valence-electron chi connectivity index (χ0n) is 22.7. The summed E-state index contributed by atoms with van der Waals surface area (Å²) in [6, 6.07) is 2.69. The fourth-order valence-electron chi connectivity index (χ4n) is 4.53. The Hall–Kier alpha value is -2.84. The molecular weight excluding hydrogens is 651 g/mol. The van der Waals surface area contributed by atoms with Gasteiger partial charge in [0.2, 0.25) is 11.3 Å². The molecule has 1 aromatic carbocycles. The Balaban J connectivity index is 1.64. The number of carbonyl (C=O) groups is 2. The van der Waals surface area contributed by atoms with Gasteiger partial charge in [-0.25, -0.2) is 9.78 Å². The third-order valence-electron chi connectivity index (χ3n) is 6.31. The number of hydrogen-bond donors (Lipinski definition) is 1. The Bertz CT molecular complexity index is 1550. The molecule has 0 atom stereocenters. The first-order chi connectivity index (χ1) is 19.1. The number of thiazole rings is 1. The molecule has 2 aromatic heterocycles. The van der Waals surface area contributed by atoms with Crippen molar-refractivity contribution >= 4 is 72.6 Å². The predicted octanol–water partition coefficient (Wildman–Crippen LogP) is 6.15. The van der Waals surface area contributed by atoms with Gasteiger partial charge in [-0.15, -0.1) is 0 Å². The van der Waals surface area contributed by atoms with Crippen LogP contribution in [-0.4, -0.2) is 58.2 Å². The van der Waals surface area contributed by atoms with Gasteiger partial charge in [-0.1, -0.05) is 29.9 Å². The maximum Gasteiger partial charge on any atom is 0.416 e. The number of fused-ring (bicyclic) bond motifs is 1. The number of anilines is 2. The van der Waals surface area contributed by atoms with Gasteiger partial charge in [0, 0.05) is 31.9 Å². The fraction of sp³-hybridized carbons (Fsp3) is 0.462. The number of nitrogens with one attached hydrogen (secondary N) is 1. The molecule has 3 aromatic rings. The second-order valence-electron chi connectivity index (χ2n) is 10.4. The molecule has 1 N–H and O–H groups in total. The van der Waals surface area contributed by atoms with E-state index in [-0.39, 0.29) is 28.2 Å². The molecule has 0 unspecified atom stereocenters. The molecular formula is C26H28BrClF3N5O4S. The maximum atomic E-state index is 13.7. The second kappa shape index (κ2) is 11.8. The number of amides is 2. The molecule has 1 aliphatic heterocycles. The molecule has 2 amide bonds. The van der Waals surface area contributed by atoms with Crippen LogP contribution in [0, 0.1) is 0 Å². The van der Waals surface area contributed by atoms with Crippen LogP contribution in [0.25, 0.3) is 10.3 Å². The standard InChI is InChI=1S/C26H28BrClF3N5O4S/c1-5-17-20(34-8-10-35(11-9-34)24(39)40-25(2,3)4)21(38)19-22(41-23(27)33-19)36(17)13-18(37)32-16-7-6-14(12-15(16)28)26(29,30)31/h6-7,12H,5,8-11,13H2,1-4H3,(H,32,37). The Morgan fingerprint density at radius 2 is 1.83 bits per heavy atom. The molecule has 0 aliphatic carbocycles. The van der Waals surface area contributed by atoms with Crippen molar-refractivity contribution in [2.75, 3.05) is 36.4 Å². The minimum Gasteiger partial charge on any atom is -0.444 e. The first kappa shape index (κ1) is 31.1. The highest BCUT2D eigenvalue weighted by Crippen LogP contribution is 2.34. The SMILES string of the molecule is CCc1c(N2CCN(C(=O)OC(C)(C)C)CC2)c(=O)c2nc(Br)sc2n1CC(=O)Nc1ccc(C(F)(F)F)cc1Cl. The van der Waals surface area contributed by atoms with Crippen molar-refractivity contribution in [3.05, 3.63) is 48.6 Å². The Morgan fingerprint density at radius 1 is 1.17 bits per heavy atom. The highest BCUT2D eigenvalue weighted by molar-refractivity contribution is 9.11. The van der Waals surface area contributed by atoms with E-state index in [1.165, 1.54) is 11.3 Å². The fourth-order valence-corrected chi connectivity index (χ4v) is 6.21. The Labute approximate surface area is 251 Å². The molecule has 4 rings (SSSR count). The summed E-state index contributed by atoms with van der Waals surface area (Å²) in [6.07, 6.45) is -4.60. The topological polar surface area (TPSA) is 96.8 Å². The molecule has 0 radical (unpaired) electrons. The van der Waals surface area contributed by atoms with E-state index >= 15 is 0 Å². The molecule has 1 saturated heterocycles. The molecule has 222 valence electrons. The van der Waals surface area contributed by atoms with Gasteiger partial charge in [0.15, 0.2) is 3.92 Å². The summed E-state index contributed by atoms with van der Waals surface area (Å²) in [7, 11) is 0. The van der Waals surface area contributed by atoms with Gasteiger partial charge in [-0.3, -0.25) is 9.59 Å². The number of pyridine rings is 1. The lowest BCUT2D eigenvalue weighted by molar-refractivity contribution is -0.137. The minimum atomic E-state index is -4.57. The summed E-state index contributed by atoms with van der Waals surface area (Å²) in [4.78, 5) is 47.7. The number of nitrogens with zero attached hydrogens (tertiary/aromatic N) is 4. The maximum absolute atomic E-state index is 13.7. The lowest BCUT2D eigenvalue weighted by atomic mass is 10.1. The van der Waals surface area contributed by atoms with Crippen LogP contribution in [0.5, 0.6) is 0 Å². The molecule has 15 heteroatoms. The summed E-state index contributed by atoms with van der Waals surface area (Å²) in [6.45, 7) is 8.40. The molecule has 1 aliphatic rings. The number of halogens is 5. The normalized spacial score (nSPS) is 14.5. The van der Waals surface area contributed by atoms with E-state index in [1.807, 2.05) is 11.8 Å². The number of rotatable bonds is 5. The van der Waals surface area contributed by atoms with E-state index in [2.05, 4.69) is 26.2 Å². The van der Waals surface area contributed by atoms with Crippen molar-refractivity contribution in [2.45, 2.75) is 52.4 Å². The van der Waals surface area contributed by atoms with E-state index in [1.54, 1.807) is 30.2 Å². The van der Waals surface area contributed by atoms with Crippen LogP contribution in [0.15, 0.2) is 26.9 Å². The van der Waals surface area contributed by atoms with Crippen molar-refractivity contribution in [3.8, 4) is 0 Å². The molecule has 3 heterocycles. The van der Waals surface area contributed by atoms with Crippen LogP contribution in [0.2, 0.25) is 5.02 Å². The van der Waals surface area contributed by atoms with E-state index in [4.69, 9.17) is 16.3 Å². The average molecular weight is 679 g/mol. The quantitative estimate of drug-likeness (QED) is 0.348. The molecule has 1 fully saturated rings. The number of alkyl halides is 3. The van der Waals surface area contributed by atoms with Crippen LogP contribution >= 0.6 is 38.9 Å². The van der Waals surface area contributed by atoms with Crippen LogP contribution in [0.3, 0.4) is 0 Å². The molecule has 0 saturated carbocycles. The molecule has 0 spiro atoms. The monoisotopic (exact) mass is 677 g/mol. The van der Waals surface area contributed by atoms with Gasteiger partial charge in [-0.05, 0) is 61.3 Å². The summed E-state index contributed by atoms with van der Waals surface area (Å²) in [5, 5.41) is 2.32. The largest absolute Gasteiger partial charge is 0.444 e. The smallest absolute Gasteiger partial charge is 0.416 e. The average Bonchev–Trinajstić information content (AvgIpc) is 3.27. The van der Waals surface area contributed by atoms with Crippen molar-refractivity contribution < 1.29 is 27.5 Å². The molecule has 41 heavy (non-hydrogen) atoms. The summed E-state index contributed by atoms with van der Waals surface area (Å²) >= 11 is 10.6. The molecule has 9 nitrogen and oxygen atoms in total. The van der Waals surface area contributed by atoms with Crippen LogP contribution in [0.4, 0.5) is 29.3 Å². The van der Waals surface area contributed by atoms with Crippen molar-refractivity contribution in [3.63, 3.8) is 0 Å². The third-order valence-corrected chi connectivity index (χ3v) is 8.15. The predicted molar refractivity (Wildman–Crippen MR) is 156 cm³/mol. The van der Waals surface area contributed by atoms with Crippen LogP contribution in [0.1, 0.15) is 39.0 Å². The number of ether oxygens (including phenoxy) is 1. The van der Waals surface area contributed by atoms with Gasteiger partial charge < -0.3 is 24.4 Å². The lowest BCUT2D eigenvalue weighted by Gasteiger charge is -2.37. The van der Waals surface area contributed by atoms with E-state index in [0.29, 0.717) is 52.7 Å². The van der Waals surface area contributed by atoms with Crippen LogP contribution < -0.4 is 15.6 Å². The van der Waals surface area contributed by atoms with Gasteiger partial charge in [0.25, 0.3) is 0 Å². The van der Waals surface area contributed by atoms with E-state index < -0.39 is 29.3 Å². The first-order valence-electron chi connectivity index (χ1n) is 12.7. The van der Waals surface area contributed by atoms with Gasteiger partial charge in [-0.2, -0.15) is 13.2 Å². The number of piperazine rings is 1. The summed E-state index contributed by atoms with van der Waals surface area (Å²) in [5.41, 5.74) is -0.646. The Kier molecular flexibility index (Phi) is 8.95. The van der Waals surface area contributed by atoms with Gasteiger partial charge in [0.1, 0.15) is 28.2 Å². The third kappa shape index (κ3) is 6.97. The Morgan fingerprint density at radius 3 is 2.39 bits per heavy atom. The number of aromatic nitrogens is 2. The zero-order valence-corrected chi connectivity index (χ0v) is 25.9. The van der Waals surface area contributed by atoms with E-state index in [9.17, 15) is 27.6 Å². The highest BCUT2D eigenvalue weighted by atomic mass is 79.9. The second-order valence-corrected chi connectivity index (χ2v) is 13.0. The minimum absolute atomic E-state index is 0.0315. The van der Waals surface area contributed by atoms with Crippen molar-refractivity contribution in [1.29, 1.82) is 0 Å². The number of benzene rings is 1. The summed E-state index contributed by atoms with van der Waals surface area (Å²) < 4.78 is 46.7. The van der Waals surface area contributed by atoms with Gasteiger partial charge >= 0.3 is 12.3 Å². The lowest BCUT2D eigenvalue weighted by Crippen LogP contribution is -2.51. The summed E-state index contributed by atoms with van der Waals surface area (Å²) in [5.74, 6) is -0.545. The van der Waals surface area contributed by atoms with E-state index in [0.717, 1.165) is 18.2 Å². The number of hydrogen-bond acceptors (Lipinski definition) is 7. The zero-order chi connectivity index (χ0) is 30.3. The van der Waals surface area contributed by atoms with Crippen LogP contribution in [-0.2, 0) is 28.7 Å². The molecule has 0 bridgehead atoms. The van der Waals surface area contributed by atoms with Crippen molar-refractivity contribution in [1.82, 2.24) is 14.5 Å². The first-order valence-corrected chi connectivity index (χ1v) is 14.7.